The zero-order chi connectivity index (χ0) is 19.6. The minimum atomic E-state index is -0.790. The van der Waals surface area contributed by atoms with Crippen LogP contribution in [0.3, 0.4) is 0 Å². The smallest absolute Gasteiger partial charge is 0.321 e. The Bertz CT molecular complexity index is 731. The molecule has 7 nitrogen and oxygen atoms in total. The number of fused-ring (bicyclic) bond motifs is 1. The first-order chi connectivity index (χ1) is 12.8. The Morgan fingerprint density at radius 2 is 1.81 bits per heavy atom. The second-order valence-corrected chi connectivity index (χ2v) is 8.08. The molecule has 1 aliphatic heterocycles. The topological polar surface area (TPSA) is 98.7 Å². The Morgan fingerprint density at radius 1 is 1.19 bits per heavy atom. The van der Waals surface area contributed by atoms with Crippen LogP contribution in [0.5, 0.6) is 0 Å². The molecule has 0 spiro atoms. The lowest BCUT2D eigenvalue weighted by Gasteiger charge is -2.23. The Hall–Kier alpha value is -2.57. The van der Waals surface area contributed by atoms with Gasteiger partial charge in [0.05, 0.1) is 5.41 Å². The van der Waals surface area contributed by atoms with E-state index in [9.17, 15) is 19.5 Å². The van der Waals surface area contributed by atoms with Crippen LogP contribution in [0.15, 0.2) is 24.3 Å². The van der Waals surface area contributed by atoms with Crippen molar-refractivity contribution < 1.29 is 19.5 Å². The van der Waals surface area contributed by atoms with E-state index in [1.54, 1.807) is 29.2 Å². The van der Waals surface area contributed by atoms with Crippen LogP contribution in [0, 0.1) is 17.3 Å². The number of likely N-dealkylation sites (tertiary alicyclic amines) is 1. The Balaban J connectivity index is 1.57. The lowest BCUT2D eigenvalue weighted by Crippen LogP contribution is -2.38. The summed E-state index contributed by atoms with van der Waals surface area (Å²) in [7, 11) is 0. The second kappa shape index (κ2) is 7.58. The molecule has 27 heavy (non-hydrogen) atoms. The van der Waals surface area contributed by atoms with Crippen molar-refractivity contribution in [2.24, 2.45) is 17.3 Å². The number of urea groups is 1. The third-order valence-electron chi connectivity index (χ3n) is 5.60. The van der Waals surface area contributed by atoms with Gasteiger partial charge in [0.1, 0.15) is 0 Å². The monoisotopic (exact) mass is 373 g/mol. The summed E-state index contributed by atoms with van der Waals surface area (Å²) in [5.41, 5.74) is 0.518. The summed E-state index contributed by atoms with van der Waals surface area (Å²) in [5.74, 6) is -0.497. The maximum atomic E-state index is 12.5. The predicted molar refractivity (Wildman–Crippen MR) is 103 cm³/mol. The molecule has 0 bridgehead atoms. The van der Waals surface area contributed by atoms with Gasteiger partial charge in [0, 0.05) is 30.9 Å². The lowest BCUT2D eigenvalue weighted by molar-refractivity contribution is -0.149. The van der Waals surface area contributed by atoms with Crippen molar-refractivity contribution in [2.45, 2.75) is 39.5 Å². The highest BCUT2D eigenvalue weighted by Gasteiger charge is 2.55. The van der Waals surface area contributed by atoms with Gasteiger partial charge in [0.25, 0.3) is 0 Å². The van der Waals surface area contributed by atoms with Gasteiger partial charge in [-0.15, -0.1) is 0 Å². The van der Waals surface area contributed by atoms with Crippen LogP contribution in [-0.4, -0.2) is 41.0 Å². The van der Waals surface area contributed by atoms with Crippen LogP contribution in [0.4, 0.5) is 16.2 Å². The van der Waals surface area contributed by atoms with Gasteiger partial charge in [-0.05, 0) is 48.9 Å². The molecule has 1 saturated carbocycles. The van der Waals surface area contributed by atoms with Crippen LogP contribution in [0.25, 0.3) is 0 Å². The third-order valence-corrected chi connectivity index (χ3v) is 5.60. The van der Waals surface area contributed by atoms with Gasteiger partial charge in [0.2, 0.25) is 5.91 Å². The minimum absolute atomic E-state index is 0.0376. The van der Waals surface area contributed by atoms with Crippen molar-refractivity contribution in [3.63, 3.8) is 0 Å². The van der Waals surface area contributed by atoms with E-state index in [1.807, 2.05) is 13.8 Å². The highest BCUT2D eigenvalue weighted by Crippen LogP contribution is 2.48. The molecule has 3 rings (SSSR count). The second-order valence-electron chi connectivity index (χ2n) is 8.08. The molecule has 2 aliphatic rings. The van der Waals surface area contributed by atoms with Gasteiger partial charge in [-0.1, -0.05) is 20.3 Å². The van der Waals surface area contributed by atoms with Gasteiger partial charge in [-0.25, -0.2) is 4.79 Å². The van der Waals surface area contributed by atoms with Crippen LogP contribution < -0.4 is 10.6 Å². The first-order valence-electron chi connectivity index (χ1n) is 9.49. The maximum absolute atomic E-state index is 12.5. The van der Waals surface area contributed by atoms with Gasteiger partial charge in [-0.2, -0.15) is 0 Å². The highest BCUT2D eigenvalue weighted by atomic mass is 16.4. The summed E-state index contributed by atoms with van der Waals surface area (Å²) in [5, 5.41) is 15.3. The van der Waals surface area contributed by atoms with Crippen LogP contribution in [0.2, 0.25) is 0 Å². The van der Waals surface area contributed by atoms with Gasteiger partial charge >= 0.3 is 12.0 Å². The van der Waals surface area contributed by atoms with Gasteiger partial charge in [0.15, 0.2) is 0 Å². The van der Waals surface area contributed by atoms with Crippen molar-refractivity contribution in [3.8, 4) is 0 Å². The van der Waals surface area contributed by atoms with Crippen molar-refractivity contribution in [1.29, 1.82) is 0 Å². The SMILES string of the molecule is CC(C)CC(=O)Nc1ccc(NC(=O)N2C[C@@H]3CCC[C@@]3(C(=O)O)C2)cc1. The lowest BCUT2D eigenvalue weighted by atomic mass is 9.81. The molecule has 2 fully saturated rings. The van der Waals surface area contributed by atoms with E-state index in [4.69, 9.17) is 0 Å². The summed E-state index contributed by atoms with van der Waals surface area (Å²) in [6, 6.07) is 6.66. The third kappa shape index (κ3) is 4.07. The molecule has 0 unspecified atom stereocenters. The number of benzene rings is 1. The summed E-state index contributed by atoms with van der Waals surface area (Å²) in [6.07, 6.45) is 2.87. The Kier molecular flexibility index (Phi) is 5.39. The molecule has 1 saturated heterocycles. The number of rotatable bonds is 5. The molecule has 7 heteroatoms. The van der Waals surface area contributed by atoms with E-state index in [0.717, 1.165) is 12.8 Å². The highest BCUT2D eigenvalue weighted by molar-refractivity contribution is 5.93. The zero-order valence-electron chi connectivity index (χ0n) is 15.8. The number of hydrogen-bond acceptors (Lipinski definition) is 3. The van der Waals surface area contributed by atoms with E-state index in [0.29, 0.717) is 30.8 Å². The number of carboxylic acid groups (broad SMARTS) is 1. The van der Waals surface area contributed by atoms with E-state index >= 15 is 0 Å². The van der Waals surface area contributed by atoms with Crippen molar-refractivity contribution in [3.05, 3.63) is 24.3 Å². The normalized spacial score (nSPS) is 24.0. The Labute approximate surface area is 159 Å². The molecule has 1 heterocycles. The molecule has 0 radical (unpaired) electrons. The Morgan fingerprint density at radius 3 is 2.37 bits per heavy atom. The van der Waals surface area contributed by atoms with Crippen LogP contribution in [0.1, 0.15) is 39.5 Å². The number of hydrogen-bond donors (Lipinski definition) is 3. The molecule has 3 amide bonds. The number of amides is 3. The minimum Gasteiger partial charge on any atom is -0.481 e. The first kappa shape index (κ1) is 19.2. The average Bonchev–Trinajstić information content (AvgIpc) is 3.14. The summed E-state index contributed by atoms with van der Waals surface area (Å²) < 4.78 is 0. The number of nitrogens with one attached hydrogen (secondary N) is 2. The van der Waals surface area contributed by atoms with Crippen LogP contribution in [-0.2, 0) is 9.59 Å². The summed E-state index contributed by atoms with van der Waals surface area (Å²) in [4.78, 5) is 37.7. The van der Waals surface area contributed by atoms with Crippen molar-refractivity contribution in [2.75, 3.05) is 23.7 Å². The van der Waals surface area contributed by atoms with E-state index in [2.05, 4.69) is 10.6 Å². The number of nitrogens with zero attached hydrogens (tertiary/aromatic N) is 1. The van der Waals surface area contributed by atoms with Gasteiger partial charge in [-0.3, -0.25) is 9.59 Å². The fourth-order valence-electron chi connectivity index (χ4n) is 4.22. The van der Waals surface area contributed by atoms with Crippen molar-refractivity contribution in [1.82, 2.24) is 4.90 Å². The molecular weight excluding hydrogens is 346 g/mol. The van der Waals surface area contributed by atoms with Crippen LogP contribution >= 0.6 is 0 Å². The summed E-state index contributed by atoms with van der Waals surface area (Å²) >= 11 is 0. The standard InChI is InChI=1S/C20H27N3O4/c1-13(2)10-17(24)21-15-5-7-16(8-6-15)22-19(27)23-11-14-4-3-9-20(14,12-23)18(25)26/h5-8,13-14H,3-4,9-12H2,1-2H3,(H,21,24)(H,22,27)(H,25,26)/t14-,20+/m0/s1. The molecular formula is C20H27N3O4. The molecule has 3 N–H and O–H groups in total. The van der Waals surface area contributed by atoms with E-state index in [1.165, 1.54) is 0 Å². The number of anilines is 2. The fourth-order valence-corrected chi connectivity index (χ4v) is 4.22. The van der Waals surface area contributed by atoms with E-state index in [-0.39, 0.29) is 30.3 Å². The molecule has 146 valence electrons. The number of carbonyl (C=O) groups excluding carboxylic acids is 2. The first-order valence-corrected chi connectivity index (χ1v) is 9.49. The summed E-state index contributed by atoms with van der Waals surface area (Å²) in [6.45, 7) is 4.72. The van der Waals surface area contributed by atoms with Crippen molar-refractivity contribution >= 4 is 29.3 Å². The molecule has 1 aromatic rings. The average molecular weight is 373 g/mol. The maximum Gasteiger partial charge on any atom is 0.321 e. The predicted octanol–water partition coefficient (Wildman–Crippen LogP) is 3.39. The largest absolute Gasteiger partial charge is 0.481 e. The zero-order valence-corrected chi connectivity index (χ0v) is 15.8. The van der Waals surface area contributed by atoms with E-state index < -0.39 is 11.4 Å². The van der Waals surface area contributed by atoms with Gasteiger partial charge < -0.3 is 20.6 Å². The number of aliphatic carboxylic acids is 1. The quantitative estimate of drug-likeness (QED) is 0.737. The molecule has 0 aromatic heterocycles. The fraction of sp³-hybridized carbons (Fsp3) is 0.550. The molecule has 1 aromatic carbocycles. The number of carboxylic acids is 1. The molecule has 1 aliphatic carbocycles. The number of carbonyl (C=O) groups is 3. The molecule has 2 atom stereocenters.